The van der Waals surface area contributed by atoms with Crippen LogP contribution in [-0.2, 0) is 0 Å². The monoisotopic (exact) mass is 221 g/mol. The third kappa shape index (κ3) is 1.96. The average molecular weight is 221 g/mol. The van der Waals surface area contributed by atoms with Gasteiger partial charge in [0.25, 0.3) is 0 Å². The van der Waals surface area contributed by atoms with Crippen molar-refractivity contribution >= 4 is 11.5 Å². The highest BCUT2D eigenvalue weighted by molar-refractivity contribution is 6.00. The fraction of sp³-hybridized carbons (Fsp3) is 0.417. The molecular formula is C12H15NO3. The Morgan fingerprint density at radius 2 is 2.06 bits per heavy atom. The molecule has 1 heterocycles. The summed E-state index contributed by atoms with van der Waals surface area (Å²) in [5.41, 5.74) is 1.47. The number of benzene rings is 1. The summed E-state index contributed by atoms with van der Waals surface area (Å²) in [7, 11) is 0. The van der Waals surface area contributed by atoms with E-state index in [9.17, 15) is 4.79 Å². The predicted molar refractivity (Wildman–Crippen MR) is 61.4 cm³/mol. The lowest BCUT2D eigenvalue weighted by molar-refractivity contribution is 0.101. The van der Waals surface area contributed by atoms with Gasteiger partial charge in [-0.2, -0.15) is 0 Å². The van der Waals surface area contributed by atoms with Crippen molar-refractivity contribution in [1.82, 2.24) is 0 Å². The number of nitrogens with one attached hydrogen (secondary N) is 1. The summed E-state index contributed by atoms with van der Waals surface area (Å²) in [6, 6.07) is 3.57. The van der Waals surface area contributed by atoms with E-state index in [0.29, 0.717) is 17.1 Å². The first-order valence-electron chi connectivity index (χ1n) is 5.41. The number of carbonyl (C=O) groups excluding carboxylic acids is 1. The highest BCUT2D eigenvalue weighted by Crippen LogP contribution is 2.37. The van der Waals surface area contributed by atoms with Crippen LogP contribution in [0.2, 0.25) is 0 Å². The van der Waals surface area contributed by atoms with Crippen LogP contribution in [0.3, 0.4) is 0 Å². The van der Waals surface area contributed by atoms with E-state index >= 15 is 0 Å². The Hall–Kier alpha value is -1.71. The van der Waals surface area contributed by atoms with Crippen molar-refractivity contribution in [3.63, 3.8) is 0 Å². The Balaban J connectivity index is 2.36. The molecule has 0 aliphatic carbocycles. The van der Waals surface area contributed by atoms with Crippen LogP contribution >= 0.6 is 0 Å². The maximum absolute atomic E-state index is 11.5. The highest BCUT2D eigenvalue weighted by Gasteiger charge is 2.18. The molecule has 0 saturated heterocycles. The van der Waals surface area contributed by atoms with Crippen LogP contribution < -0.4 is 14.8 Å². The second-order valence-corrected chi connectivity index (χ2v) is 3.73. The van der Waals surface area contributed by atoms with E-state index in [1.807, 2.05) is 6.07 Å². The first kappa shape index (κ1) is 10.8. The SMILES string of the molecule is CCCNc1cc2c(cc1C(C)=O)OCO2. The van der Waals surface area contributed by atoms with Crippen molar-refractivity contribution in [3.05, 3.63) is 17.7 Å². The molecule has 0 aromatic heterocycles. The molecule has 1 N–H and O–H groups in total. The number of fused-ring (bicyclic) bond motifs is 1. The van der Waals surface area contributed by atoms with E-state index in [2.05, 4.69) is 12.2 Å². The van der Waals surface area contributed by atoms with Crippen molar-refractivity contribution in [2.24, 2.45) is 0 Å². The van der Waals surface area contributed by atoms with Gasteiger partial charge in [0.1, 0.15) is 0 Å². The van der Waals surface area contributed by atoms with Crippen LogP contribution in [0.1, 0.15) is 30.6 Å². The fourth-order valence-electron chi connectivity index (χ4n) is 1.64. The van der Waals surface area contributed by atoms with Crippen LogP contribution in [0.5, 0.6) is 11.5 Å². The molecule has 0 fully saturated rings. The molecule has 0 radical (unpaired) electrons. The van der Waals surface area contributed by atoms with Gasteiger partial charge in [-0.1, -0.05) is 6.92 Å². The van der Waals surface area contributed by atoms with E-state index < -0.39 is 0 Å². The number of rotatable bonds is 4. The summed E-state index contributed by atoms with van der Waals surface area (Å²) < 4.78 is 10.5. The molecule has 1 aliphatic heterocycles. The standard InChI is InChI=1S/C12H15NO3/c1-3-4-13-10-6-12-11(15-7-16-12)5-9(10)8(2)14/h5-6,13H,3-4,7H2,1-2H3. The second kappa shape index (κ2) is 4.43. The molecule has 0 saturated carbocycles. The minimum Gasteiger partial charge on any atom is -0.454 e. The Labute approximate surface area is 94.6 Å². The minimum atomic E-state index is 0.0249. The number of ketones is 1. The number of carbonyl (C=O) groups is 1. The zero-order valence-electron chi connectivity index (χ0n) is 9.50. The minimum absolute atomic E-state index is 0.0249. The molecule has 2 rings (SSSR count). The van der Waals surface area contributed by atoms with Crippen LogP contribution in [0.25, 0.3) is 0 Å². The molecule has 1 aliphatic rings. The van der Waals surface area contributed by atoms with Gasteiger partial charge in [-0.25, -0.2) is 0 Å². The molecule has 4 nitrogen and oxygen atoms in total. The van der Waals surface area contributed by atoms with Crippen molar-refractivity contribution in [3.8, 4) is 11.5 Å². The van der Waals surface area contributed by atoms with Gasteiger partial charge in [0, 0.05) is 23.9 Å². The van der Waals surface area contributed by atoms with E-state index in [-0.39, 0.29) is 12.6 Å². The Kier molecular flexibility index (Phi) is 2.99. The quantitative estimate of drug-likeness (QED) is 0.793. The first-order chi connectivity index (χ1) is 7.72. The summed E-state index contributed by atoms with van der Waals surface area (Å²) in [6.45, 7) is 4.69. The van der Waals surface area contributed by atoms with Crippen LogP contribution in [0.4, 0.5) is 5.69 Å². The van der Waals surface area contributed by atoms with E-state index in [0.717, 1.165) is 18.7 Å². The summed E-state index contributed by atoms with van der Waals surface area (Å²) in [5, 5.41) is 3.22. The molecule has 0 atom stereocenters. The zero-order chi connectivity index (χ0) is 11.5. The lowest BCUT2D eigenvalue weighted by atomic mass is 10.1. The van der Waals surface area contributed by atoms with Gasteiger partial charge < -0.3 is 14.8 Å². The molecular weight excluding hydrogens is 206 g/mol. The van der Waals surface area contributed by atoms with Gasteiger partial charge in [0.2, 0.25) is 6.79 Å². The highest BCUT2D eigenvalue weighted by atomic mass is 16.7. The van der Waals surface area contributed by atoms with Gasteiger partial charge in [-0.05, 0) is 19.4 Å². The topological polar surface area (TPSA) is 47.6 Å². The third-order valence-electron chi connectivity index (χ3n) is 2.46. The van der Waals surface area contributed by atoms with Gasteiger partial charge in [0.05, 0.1) is 0 Å². The first-order valence-corrected chi connectivity index (χ1v) is 5.41. The Morgan fingerprint density at radius 1 is 1.38 bits per heavy atom. The lowest BCUT2D eigenvalue weighted by Gasteiger charge is -2.10. The van der Waals surface area contributed by atoms with E-state index in [4.69, 9.17) is 9.47 Å². The molecule has 0 spiro atoms. The average Bonchev–Trinajstić information content (AvgIpc) is 2.71. The molecule has 1 aromatic rings. The summed E-state index contributed by atoms with van der Waals surface area (Å²) in [5.74, 6) is 1.37. The van der Waals surface area contributed by atoms with Gasteiger partial charge in [-0.3, -0.25) is 4.79 Å². The summed E-state index contributed by atoms with van der Waals surface area (Å²) in [4.78, 5) is 11.5. The fourth-order valence-corrected chi connectivity index (χ4v) is 1.64. The van der Waals surface area contributed by atoms with Crippen LogP contribution in [-0.4, -0.2) is 19.1 Å². The maximum atomic E-state index is 11.5. The van der Waals surface area contributed by atoms with Gasteiger partial charge >= 0.3 is 0 Å². The second-order valence-electron chi connectivity index (χ2n) is 3.73. The molecule has 1 aromatic carbocycles. The van der Waals surface area contributed by atoms with Gasteiger partial charge in [-0.15, -0.1) is 0 Å². The number of Topliss-reactive ketones (excluding diaryl/α,β-unsaturated/α-hetero) is 1. The Morgan fingerprint density at radius 3 is 2.69 bits per heavy atom. The van der Waals surface area contributed by atoms with Crippen molar-refractivity contribution < 1.29 is 14.3 Å². The third-order valence-corrected chi connectivity index (χ3v) is 2.46. The molecule has 0 amide bonds. The van der Waals surface area contributed by atoms with Crippen molar-refractivity contribution in [1.29, 1.82) is 0 Å². The van der Waals surface area contributed by atoms with Crippen molar-refractivity contribution in [2.75, 3.05) is 18.7 Å². The molecule has 86 valence electrons. The van der Waals surface area contributed by atoms with E-state index in [1.165, 1.54) is 0 Å². The van der Waals surface area contributed by atoms with Crippen LogP contribution in [0.15, 0.2) is 12.1 Å². The largest absolute Gasteiger partial charge is 0.454 e. The van der Waals surface area contributed by atoms with E-state index in [1.54, 1.807) is 13.0 Å². The zero-order valence-corrected chi connectivity index (χ0v) is 9.50. The Bertz CT molecular complexity index is 415. The van der Waals surface area contributed by atoms with Crippen LogP contribution in [0, 0.1) is 0 Å². The summed E-state index contributed by atoms with van der Waals surface area (Å²) in [6.07, 6.45) is 1.01. The van der Waals surface area contributed by atoms with Crippen molar-refractivity contribution in [2.45, 2.75) is 20.3 Å². The molecule has 0 unspecified atom stereocenters. The molecule has 4 heteroatoms. The lowest BCUT2D eigenvalue weighted by Crippen LogP contribution is -2.05. The number of anilines is 1. The summed E-state index contributed by atoms with van der Waals surface area (Å²) >= 11 is 0. The molecule has 16 heavy (non-hydrogen) atoms. The predicted octanol–water partition coefficient (Wildman–Crippen LogP) is 2.44. The maximum Gasteiger partial charge on any atom is 0.231 e. The normalized spacial score (nSPS) is 12.6. The van der Waals surface area contributed by atoms with Gasteiger partial charge in [0.15, 0.2) is 17.3 Å². The number of ether oxygens (including phenoxy) is 2. The number of hydrogen-bond acceptors (Lipinski definition) is 4. The number of hydrogen-bond donors (Lipinski definition) is 1. The smallest absolute Gasteiger partial charge is 0.231 e. The molecule has 0 bridgehead atoms.